The highest BCUT2D eigenvalue weighted by Gasteiger charge is 2.29. The lowest BCUT2D eigenvalue weighted by molar-refractivity contribution is -0.137. The molecule has 1 saturated heterocycles. The summed E-state index contributed by atoms with van der Waals surface area (Å²) in [7, 11) is -3.59. The number of benzene rings is 1. The van der Waals surface area contributed by atoms with E-state index in [1.165, 1.54) is 28.6 Å². The Hall–Kier alpha value is -1.64. The molecular formula is C16H21ClN2O5S. The number of aliphatic carboxylic acids is 1. The number of sulfonamides is 1. The minimum Gasteiger partial charge on any atom is -0.481 e. The first-order chi connectivity index (χ1) is 11.8. The van der Waals surface area contributed by atoms with Gasteiger partial charge in [-0.25, -0.2) is 8.42 Å². The lowest BCUT2D eigenvalue weighted by Crippen LogP contribution is -2.50. The number of piperazine rings is 1. The Morgan fingerprint density at radius 2 is 1.56 bits per heavy atom. The number of halogens is 1. The Kier molecular flexibility index (Phi) is 6.80. The van der Waals surface area contributed by atoms with Gasteiger partial charge in [-0.1, -0.05) is 11.6 Å². The maximum absolute atomic E-state index is 12.6. The second-order valence-electron chi connectivity index (χ2n) is 5.84. The third-order valence-electron chi connectivity index (χ3n) is 4.07. The van der Waals surface area contributed by atoms with Crippen molar-refractivity contribution in [2.45, 2.75) is 30.6 Å². The molecule has 0 atom stereocenters. The molecule has 0 bridgehead atoms. The van der Waals surface area contributed by atoms with Crippen molar-refractivity contribution in [1.29, 1.82) is 0 Å². The molecule has 0 radical (unpaired) electrons. The molecule has 1 fully saturated rings. The van der Waals surface area contributed by atoms with Gasteiger partial charge in [-0.15, -0.1) is 0 Å². The fraction of sp³-hybridized carbons (Fsp3) is 0.500. The van der Waals surface area contributed by atoms with Crippen LogP contribution in [0.5, 0.6) is 0 Å². The van der Waals surface area contributed by atoms with E-state index < -0.39 is 16.0 Å². The third kappa shape index (κ3) is 5.42. The SMILES string of the molecule is O=C(O)CCCCC(=O)N1CCN(S(=O)(=O)c2ccc(Cl)cc2)CC1. The van der Waals surface area contributed by atoms with Crippen molar-refractivity contribution in [2.24, 2.45) is 0 Å². The Balaban J connectivity index is 1.85. The zero-order chi connectivity index (χ0) is 18.4. The predicted octanol–water partition coefficient (Wildman–Crippen LogP) is 1.82. The summed E-state index contributed by atoms with van der Waals surface area (Å²) in [4.78, 5) is 24.4. The lowest BCUT2D eigenvalue weighted by atomic mass is 10.1. The summed E-state index contributed by atoms with van der Waals surface area (Å²) in [6.45, 7) is 1.16. The fourth-order valence-corrected chi connectivity index (χ4v) is 4.19. The van der Waals surface area contributed by atoms with Crippen LogP contribution in [0.2, 0.25) is 5.02 Å². The molecule has 138 valence electrons. The molecule has 1 aromatic rings. The zero-order valence-corrected chi connectivity index (χ0v) is 15.3. The molecule has 0 spiro atoms. The van der Waals surface area contributed by atoms with E-state index in [-0.39, 0.29) is 36.7 Å². The number of hydrogen-bond acceptors (Lipinski definition) is 4. The van der Waals surface area contributed by atoms with Gasteiger partial charge in [0.05, 0.1) is 4.90 Å². The summed E-state index contributed by atoms with van der Waals surface area (Å²) in [6, 6.07) is 6.01. The standard InChI is InChI=1S/C16H21ClN2O5S/c17-13-5-7-14(8-6-13)25(23,24)19-11-9-18(10-12-19)15(20)3-1-2-4-16(21)22/h5-8H,1-4,9-12H2,(H,21,22). The van der Waals surface area contributed by atoms with Crippen molar-refractivity contribution < 1.29 is 23.1 Å². The maximum Gasteiger partial charge on any atom is 0.303 e. The van der Waals surface area contributed by atoms with Crippen LogP contribution in [0.25, 0.3) is 0 Å². The molecular weight excluding hydrogens is 368 g/mol. The summed E-state index contributed by atoms with van der Waals surface area (Å²) >= 11 is 5.79. The second-order valence-corrected chi connectivity index (χ2v) is 8.21. The van der Waals surface area contributed by atoms with Gasteiger partial charge < -0.3 is 10.0 Å². The van der Waals surface area contributed by atoms with Crippen LogP contribution in [0.15, 0.2) is 29.2 Å². The van der Waals surface area contributed by atoms with Crippen molar-refractivity contribution in [2.75, 3.05) is 26.2 Å². The molecule has 9 heteroatoms. The number of carboxylic acid groups (broad SMARTS) is 1. The quantitative estimate of drug-likeness (QED) is 0.719. The van der Waals surface area contributed by atoms with Gasteiger partial charge >= 0.3 is 5.97 Å². The molecule has 1 heterocycles. The first kappa shape index (κ1) is 19.7. The number of unbranched alkanes of at least 4 members (excludes halogenated alkanes) is 1. The minimum absolute atomic E-state index is 0.0559. The van der Waals surface area contributed by atoms with Gasteiger partial charge in [0.25, 0.3) is 0 Å². The molecule has 25 heavy (non-hydrogen) atoms. The van der Waals surface area contributed by atoms with E-state index in [0.29, 0.717) is 31.0 Å². The molecule has 1 aliphatic rings. The van der Waals surface area contributed by atoms with E-state index in [1.54, 1.807) is 4.90 Å². The first-order valence-corrected chi connectivity index (χ1v) is 9.88. The van der Waals surface area contributed by atoms with Gasteiger partial charge in [0, 0.05) is 44.0 Å². The average molecular weight is 389 g/mol. The molecule has 1 N–H and O–H groups in total. The summed E-state index contributed by atoms with van der Waals surface area (Å²) in [5.74, 6) is -0.928. The van der Waals surface area contributed by atoms with E-state index in [9.17, 15) is 18.0 Å². The maximum atomic E-state index is 12.6. The number of carboxylic acids is 1. The van der Waals surface area contributed by atoms with Gasteiger partial charge in [-0.2, -0.15) is 4.31 Å². The highest BCUT2D eigenvalue weighted by molar-refractivity contribution is 7.89. The van der Waals surface area contributed by atoms with Crippen molar-refractivity contribution >= 4 is 33.5 Å². The first-order valence-electron chi connectivity index (χ1n) is 8.06. The monoisotopic (exact) mass is 388 g/mol. The van der Waals surface area contributed by atoms with Gasteiger partial charge in [0.2, 0.25) is 15.9 Å². The summed E-state index contributed by atoms with van der Waals surface area (Å²) in [5, 5.41) is 9.05. The number of hydrogen-bond donors (Lipinski definition) is 1. The smallest absolute Gasteiger partial charge is 0.303 e. The molecule has 1 amide bonds. The van der Waals surface area contributed by atoms with Crippen LogP contribution in [0.3, 0.4) is 0 Å². The molecule has 1 aromatic carbocycles. The second kappa shape index (κ2) is 8.64. The minimum atomic E-state index is -3.59. The Morgan fingerprint density at radius 1 is 1.00 bits per heavy atom. The Morgan fingerprint density at radius 3 is 2.12 bits per heavy atom. The molecule has 0 unspecified atom stereocenters. The van der Waals surface area contributed by atoms with Crippen LogP contribution < -0.4 is 0 Å². The number of amides is 1. The average Bonchev–Trinajstić information content (AvgIpc) is 2.59. The van der Waals surface area contributed by atoms with Crippen molar-refractivity contribution in [1.82, 2.24) is 9.21 Å². The van der Waals surface area contributed by atoms with Crippen LogP contribution in [-0.2, 0) is 19.6 Å². The number of carbonyl (C=O) groups is 2. The molecule has 0 aromatic heterocycles. The van der Waals surface area contributed by atoms with Gasteiger partial charge in [0.1, 0.15) is 0 Å². The van der Waals surface area contributed by atoms with Crippen LogP contribution in [0.4, 0.5) is 0 Å². The molecule has 7 nitrogen and oxygen atoms in total. The van der Waals surface area contributed by atoms with Crippen LogP contribution in [0.1, 0.15) is 25.7 Å². The number of carbonyl (C=O) groups excluding carboxylic acids is 1. The van der Waals surface area contributed by atoms with E-state index >= 15 is 0 Å². The van der Waals surface area contributed by atoms with Crippen LogP contribution in [-0.4, -0.2) is 60.8 Å². The fourth-order valence-electron chi connectivity index (χ4n) is 2.64. The molecule has 0 aliphatic carbocycles. The molecule has 0 saturated carbocycles. The predicted molar refractivity (Wildman–Crippen MR) is 92.9 cm³/mol. The van der Waals surface area contributed by atoms with E-state index in [0.717, 1.165) is 0 Å². The Labute approximate surface area is 152 Å². The van der Waals surface area contributed by atoms with Gasteiger partial charge in [-0.05, 0) is 37.1 Å². The van der Waals surface area contributed by atoms with Crippen molar-refractivity contribution in [3.8, 4) is 0 Å². The lowest BCUT2D eigenvalue weighted by Gasteiger charge is -2.34. The largest absolute Gasteiger partial charge is 0.481 e. The van der Waals surface area contributed by atoms with Crippen LogP contribution in [0, 0.1) is 0 Å². The summed E-state index contributed by atoms with van der Waals surface area (Å²) in [6.07, 6.45) is 1.33. The topological polar surface area (TPSA) is 95.0 Å². The van der Waals surface area contributed by atoms with Gasteiger partial charge in [-0.3, -0.25) is 9.59 Å². The van der Waals surface area contributed by atoms with Crippen molar-refractivity contribution in [3.05, 3.63) is 29.3 Å². The Bertz CT molecular complexity index is 713. The van der Waals surface area contributed by atoms with E-state index in [1.807, 2.05) is 0 Å². The summed E-state index contributed by atoms with van der Waals surface area (Å²) < 4.78 is 26.5. The normalized spacial score (nSPS) is 16.0. The van der Waals surface area contributed by atoms with E-state index in [2.05, 4.69) is 0 Å². The number of rotatable bonds is 7. The van der Waals surface area contributed by atoms with Gasteiger partial charge in [0.15, 0.2) is 0 Å². The third-order valence-corrected chi connectivity index (χ3v) is 6.24. The highest BCUT2D eigenvalue weighted by atomic mass is 35.5. The number of nitrogens with zero attached hydrogens (tertiary/aromatic N) is 2. The zero-order valence-electron chi connectivity index (χ0n) is 13.7. The molecule has 2 rings (SSSR count). The highest BCUT2D eigenvalue weighted by Crippen LogP contribution is 2.20. The molecule has 1 aliphatic heterocycles. The van der Waals surface area contributed by atoms with Crippen LogP contribution >= 0.6 is 11.6 Å². The van der Waals surface area contributed by atoms with Crippen molar-refractivity contribution in [3.63, 3.8) is 0 Å². The summed E-state index contributed by atoms with van der Waals surface area (Å²) in [5.41, 5.74) is 0. The van der Waals surface area contributed by atoms with E-state index in [4.69, 9.17) is 16.7 Å².